The van der Waals surface area contributed by atoms with Gasteiger partial charge in [0.1, 0.15) is 0 Å². The average Bonchev–Trinajstić information content (AvgIpc) is 2.48. The summed E-state index contributed by atoms with van der Waals surface area (Å²) >= 11 is 1.75. The minimum absolute atomic E-state index is 0.0474. The standard InChI is InChI=1S/C17H19NOS/c1-3-14-8-4-5-10-16(14)18-17(19)15-9-6-7-13(11-15)12-20-2/h4-11H,3,12H2,1-2H3,(H,18,19). The van der Waals surface area contributed by atoms with E-state index in [4.69, 9.17) is 0 Å². The van der Waals surface area contributed by atoms with E-state index < -0.39 is 0 Å². The Balaban J connectivity index is 2.17. The van der Waals surface area contributed by atoms with Crippen LogP contribution in [0, 0.1) is 0 Å². The van der Waals surface area contributed by atoms with Gasteiger partial charge >= 0.3 is 0 Å². The van der Waals surface area contributed by atoms with E-state index >= 15 is 0 Å². The van der Waals surface area contributed by atoms with Crippen LogP contribution in [-0.2, 0) is 12.2 Å². The lowest BCUT2D eigenvalue weighted by molar-refractivity contribution is 0.102. The van der Waals surface area contributed by atoms with Crippen LogP contribution < -0.4 is 5.32 Å². The van der Waals surface area contributed by atoms with E-state index in [2.05, 4.69) is 18.5 Å². The summed E-state index contributed by atoms with van der Waals surface area (Å²) in [5.74, 6) is 0.876. The van der Waals surface area contributed by atoms with Crippen LogP contribution in [0.1, 0.15) is 28.4 Å². The van der Waals surface area contributed by atoms with Crippen LogP contribution in [0.15, 0.2) is 48.5 Å². The molecule has 0 bridgehead atoms. The predicted octanol–water partition coefficient (Wildman–Crippen LogP) is 4.36. The van der Waals surface area contributed by atoms with Crippen LogP contribution in [-0.4, -0.2) is 12.2 Å². The van der Waals surface area contributed by atoms with Gasteiger partial charge in [-0.05, 0) is 42.0 Å². The predicted molar refractivity (Wildman–Crippen MR) is 87.4 cm³/mol. The minimum atomic E-state index is -0.0474. The van der Waals surface area contributed by atoms with E-state index in [1.165, 1.54) is 5.56 Å². The van der Waals surface area contributed by atoms with Crippen molar-refractivity contribution in [3.05, 3.63) is 65.2 Å². The number of nitrogens with one attached hydrogen (secondary N) is 1. The summed E-state index contributed by atoms with van der Waals surface area (Å²) < 4.78 is 0. The lowest BCUT2D eigenvalue weighted by atomic mass is 10.1. The molecule has 2 aromatic rings. The van der Waals surface area contributed by atoms with Gasteiger partial charge in [-0.1, -0.05) is 37.3 Å². The van der Waals surface area contributed by atoms with Crippen LogP contribution in [0.4, 0.5) is 5.69 Å². The highest BCUT2D eigenvalue weighted by Gasteiger charge is 2.08. The minimum Gasteiger partial charge on any atom is -0.322 e. The zero-order valence-corrected chi connectivity index (χ0v) is 12.7. The number of carbonyl (C=O) groups is 1. The molecule has 0 aliphatic carbocycles. The smallest absolute Gasteiger partial charge is 0.255 e. The molecule has 104 valence electrons. The Labute approximate surface area is 124 Å². The maximum Gasteiger partial charge on any atom is 0.255 e. The van der Waals surface area contributed by atoms with E-state index in [0.717, 1.165) is 23.4 Å². The second kappa shape index (κ2) is 7.15. The van der Waals surface area contributed by atoms with Crippen LogP contribution >= 0.6 is 11.8 Å². The fourth-order valence-corrected chi connectivity index (χ4v) is 2.63. The van der Waals surface area contributed by atoms with Crippen LogP contribution in [0.25, 0.3) is 0 Å². The number of anilines is 1. The van der Waals surface area contributed by atoms with E-state index in [0.29, 0.717) is 5.56 Å². The van der Waals surface area contributed by atoms with Crippen LogP contribution in [0.5, 0.6) is 0 Å². The van der Waals surface area contributed by atoms with Gasteiger partial charge in [-0.15, -0.1) is 0 Å². The molecule has 2 nitrogen and oxygen atoms in total. The molecule has 0 aliphatic heterocycles. The molecular weight excluding hydrogens is 266 g/mol. The maximum absolute atomic E-state index is 12.3. The number of aryl methyl sites for hydroxylation is 1. The van der Waals surface area contributed by atoms with Crippen molar-refractivity contribution in [3.63, 3.8) is 0 Å². The molecule has 0 aliphatic rings. The number of rotatable bonds is 5. The van der Waals surface area contributed by atoms with Gasteiger partial charge in [-0.3, -0.25) is 4.79 Å². The number of amides is 1. The molecule has 0 saturated carbocycles. The van der Waals surface area contributed by atoms with E-state index in [1.807, 2.05) is 48.5 Å². The third-order valence-electron chi connectivity index (χ3n) is 3.15. The molecule has 20 heavy (non-hydrogen) atoms. The molecule has 0 heterocycles. The molecule has 0 atom stereocenters. The van der Waals surface area contributed by atoms with E-state index in [-0.39, 0.29) is 5.91 Å². The van der Waals surface area contributed by atoms with E-state index in [1.54, 1.807) is 11.8 Å². The second-order valence-corrected chi connectivity index (χ2v) is 5.46. The number of benzene rings is 2. The Morgan fingerprint density at radius 3 is 2.70 bits per heavy atom. The van der Waals surface area contributed by atoms with Crippen molar-refractivity contribution in [1.82, 2.24) is 0 Å². The monoisotopic (exact) mass is 285 g/mol. The van der Waals surface area contributed by atoms with Gasteiger partial charge in [0.25, 0.3) is 5.91 Å². The first kappa shape index (κ1) is 14.7. The molecule has 0 radical (unpaired) electrons. The van der Waals surface area contributed by atoms with Crippen molar-refractivity contribution in [1.29, 1.82) is 0 Å². The highest BCUT2D eigenvalue weighted by Crippen LogP contribution is 2.17. The number of carbonyl (C=O) groups excluding carboxylic acids is 1. The van der Waals surface area contributed by atoms with Crippen molar-refractivity contribution >= 4 is 23.4 Å². The Morgan fingerprint density at radius 1 is 1.15 bits per heavy atom. The third-order valence-corrected chi connectivity index (χ3v) is 3.77. The molecule has 0 saturated heterocycles. The fraction of sp³-hybridized carbons (Fsp3) is 0.235. The summed E-state index contributed by atoms with van der Waals surface area (Å²) in [5.41, 5.74) is 3.94. The number of para-hydroxylation sites is 1. The van der Waals surface area contributed by atoms with Crippen molar-refractivity contribution < 1.29 is 4.79 Å². The maximum atomic E-state index is 12.3. The molecule has 0 aromatic heterocycles. The summed E-state index contributed by atoms with van der Waals surface area (Å²) in [6.45, 7) is 2.09. The second-order valence-electron chi connectivity index (χ2n) is 4.60. The average molecular weight is 285 g/mol. The first-order valence-corrected chi connectivity index (χ1v) is 8.11. The number of hydrogen-bond donors (Lipinski definition) is 1. The van der Waals surface area contributed by atoms with Gasteiger partial charge in [0.15, 0.2) is 0 Å². The van der Waals surface area contributed by atoms with Crippen molar-refractivity contribution in [3.8, 4) is 0 Å². The van der Waals surface area contributed by atoms with Gasteiger partial charge in [-0.25, -0.2) is 0 Å². The summed E-state index contributed by atoms with van der Waals surface area (Å²) in [5, 5.41) is 3.00. The van der Waals surface area contributed by atoms with Gasteiger partial charge in [-0.2, -0.15) is 11.8 Å². The van der Waals surface area contributed by atoms with Gasteiger partial charge in [0.2, 0.25) is 0 Å². The zero-order chi connectivity index (χ0) is 14.4. The lowest BCUT2D eigenvalue weighted by Crippen LogP contribution is -2.13. The fourth-order valence-electron chi connectivity index (χ4n) is 2.11. The summed E-state index contributed by atoms with van der Waals surface area (Å²) in [6, 6.07) is 15.7. The quantitative estimate of drug-likeness (QED) is 0.884. The Kier molecular flexibility index (Phi) is 5.24. The molecule has 3 heteroatoms. The van der Waals surface area contributed by atoms with Gasteiger partial charge in [0.05, 0.1) is 0 Å². The Bertz CT molecular complexity index is 595. The van der Waals surface area contributed by atoms with Crippen molar-refractivity contribution in [2.24, 2.45) is 0 Å². The SMILES string of the molecule is CCc1ccccc1NC(=O)c1cccc(CSC)c1. The lowest BCUT2D eigenvalue weighted by Gasteiger charge is -2.10. The molecule has 0 unspecified atom stereocenters. The topological polar surface area (TPSA) is 29.1 Å². The van der Waals surface area contributed by atoms with Crippen LogP contribution in [0.2, 0.25) is 0 Å². The number of hydrogen-bond acceptors (Lipinski definition) is 2. The summed E-state index contributed by atoms with van der Waals surface area (Å²) in [6.07, 6.45) is 2.97. The van der Waals surface area contributed by atoms with Gasteiger partial charge < -0.3 is 5.32 Å². The molecule has 1 amide bonds. The molecule has 2 aromatic carbocycles. The van der Waals surface area contributed by atoms with Gasteiger partial charge in [0, 0.05) is 17.0 Å². The normalized spacial score (nSPS) is 10.3. The largest absolute Gasteiger partial charge is 0.322 e. The highest BCUT2D eigenvalue weighted by atomic mass is 32.2. The highest BCUT2D eigenvalue weighted by molar-refractivity contribution is 7.97. The van der Waals surface area contributed by atoms with E-state index in [9.17, 15) is 4.79 Å². The van der Waals surface area contributed by atoms with Crippen LogP contribution in [0.3, 0.4) is 0 Å². The van der Waals surface area contributed by atoms with Crippen molar-refractivity contribution in [2.45, 2.75) is 19.1 Å². The molecule has 0 spiro atoms. The summed E-state index contributed by atoms with van der Waals surface area (Å²) in [4.78, 5) is 12.3. The first-order chi connectivity index (χ1) is 9.74. The number of thioether (sulfide) groups is 1. The Morgan fingerprint density at radius 2 is 1.95 bits per heavy atom. The van der Waals surface area contributed by atoms with Crippen molar-refractivity contribution in [2.75, 3.05) is 11.6 Å². The molecule has 1 N–H and O–H groups in total. The molecule has 0 fully saturated rings. The first-order valence-electron chi connectivity index (χ1n) is 6.71. The zero-order valence-electron chi connectivity index (χ0n) is 11.8. The molecular formula is C17H19NOS. The summed E-state index contributed by atoms with van der Waals surface area (Å²) in [7, 11) is 0. The Hall–Kier alpha value is -1.74. The third kappa shape index (κ3) is 3.64. The molecule has 2 rings (SSSR count).